The number of piperidine rings is 1. The van der Waals surface area contributed by atoms with Gasteiger partial charge in [-0.15, -0.1) is 0 Å². The van der Waals surface area contributed by atoms with Crippen molar-refractivity contribution < 1.29 is 14.6 Å². The van der Waals surface area contributed by atoms with Gasteiger partial charge in [0.05, 0.1) is 6.10 Å². The van der Waals surface area contributed by atoms with Crippen LogP contribution < -0.4 is 5.32 Å². The van der Waals surface area contributed by atoms with E-state index < -0.39 is 11.5 Å². The van der Waals surface area contributed by atoms with Crippen LogP contribution in [0.25, 0.3) is 0 Å². The van der Waals surface area contributed by atoms with Gasteiger partial charge < -0.3 is 15.2 Å². The maximum absolute atomic E-state index is 11.4. The maximum Gasteiger partial charge on any atom is 0.323 e. The second kappa shape index (κ2) is 7.22. The van der Waals surface area contributed by atoms with Gasteiger partial charge in [-0.25, -0.2) is 0 Å². The molecule has 0 aromatic carbocycles. The number of methoxy groups -OCH3 is 1. The predicted molar refractivity (Wildman–Crippen MR) is 75.4 cm³/mol. The second-order valence-corrected chi connectivity index (χ2v) is 5.72. The van der Waals surface area contributed by atoms with Gasteiger partial charge in [0, 0.05) is 19.7 Å². The van der Waals surface area contributed by atoms with Gasteiger partial charge in [-0.05, 0) is 46.2 Å². The van der Waals surface area contributed by atoms with Crippen LogP contribution in [0, 0.1) is 0 Å². The molecule has 1 rings (SSSR count). The van der Waals surface area contributed by atoms with Crippen molar-refractivity contribution in [2.45, 2.75) is 57.7 Å². The van der Waals surface area contributed by atoms with Gasteiger partial charge >= 0.3 is 5.97 Å². The number of likely N-dealkylation sites (tertiary alicyclic amines) is 1. The summed E-state index contributed by atoms with van der Waals surface area (Å²) in [5.41, 5.74) is -0.853. The van der Waals surface area contributed by atoms with Crippen LogP contribution in [-0.4, -0.2) is 60.4 Å². The molecule has 1 saturated heterocycles. The Labute approximate surface area is 116 Å². The van der Waals surface area contributed by atoms with Crippen LogP contribution in [0.15, 0.2) is 0 Å². The third-order valence-corrected chi connectivity index (χ3v) is 4.11. The SMILES string of the molecule is CCNC(C)(CC(C)N1CCCC(OC)C1)C(=O)O. The number of nitrogens with one attached hydrogen (secondary N) is 1. The maximum atomic E-state index is 11.4. The molecule has 112 valence electrons. The van der Waals surface area contributed by atoms with Crippen molar-refractivity contribution in [3.05, 3.63) is 0 Å². The fourth-order valence-corrected chi connectivity index (χ4v) is 2.90. The lowest BCUT2D eigenvalue weighted by molar-refractivity contribution is -0.145. The summed E-state index contributed by atoms with van der Waals surface area (Å²) in [6, 6.07) is 0.234. The van der Waals surface area contributed by atoms with Crippen molar-refractivity contribution in [1.82, 2.24) is 10.2 Å². The molecule has 1 aliphatic rings. The average molecular weight is 272 g/mol. The Kier molecular flexibility index (Phi) is 6.23. The number of ether oxygens (including phenoxy) is 1. The molecule has 5 nitrogen and oxygen atoms in total. The van der Waals surface area contributed by atoms with Crippen molar-refractivity contribution >= 4 is 5.97 Å². The van der Waals surface area contributed by atoms with Crippen molar-refractivity contribution in [2.75, 3.05) is 26.7 Å². The molecule has 0 spiro atoms. The van der Waals surface area contributed by atoms with Crippen LogP contribution in [0.2, 0.25) is 0 Å². The van der Waals surface area contributed by atoms with E-state index >= 15 is 0 Å². The Morgan fingerprint density at radius 3 is 2.84 bits per heavy atom. The van der Waals surface area contributed by atoms with Crippen molar-refractivity contribution in [3.63, 3.8) is 0 Å². The number of rotatable bonds is 7. The largest absolute Gasteiger partial charge is 0.480 e. The van der Waals surface area contributed by atoms with Crippen LogP contribution in [0.5, 0.6) is 0 Å². The number of carbonyl (C=O) groups is 1. The minimum Gasteiger partial charge on any atom is -0.480 e. The number of carboxylic acids is 1. The smallest absolute Gasteiger partial charge is 0.323 e. The van der Waals surface area contributed by atoms with Gasteiger partial charge in [0.15, 0.2) is 0 Å². The zero-order valence-corrected chi connectivity index (χ0v) is 12.6. The lowest BCUT2D eigenvalue weighted by Gasteiger charge is -2.39. The summed E-state index contributed by atoms with van der Waals surface area (Å²) in [7, 11) is 1.75. The fourth-order valence-electron chi connectivity index (χ4n) is 2.90. The summed E-state index contributed by atoms with van der Waals surface area (Å²) in [4.78, 5) is 13.8. The van der Waals surface area contributed by atoms with Crippen molar-refractivity contribution in [2.24, 2.45) is 0 Å². The summed E-state index contributed by atoms with van der Waals surface area (Å²) in [6.45, 7) is 8.41. The Morgan fingerprint density at radius 1 is 1.63 bits per heavy atom. The lowest BCUT2D eigenvalue weighted by atomic mass is 9.91. The first kappa shape index (κ1) is 16.4. The molecule has 0 saturated carbocycles. The first-order chi connectivity index (χ1) is 8.92. The van der Waals surface area contributed by atoms with E-state index in [1.807, 2.05) is 6.92 Å². The Hall–Kier alpha value is -0.650. The molecule has 1 aliphatic heterocycles. The highest BCUT2D eigenvalue weighted by molar-refractivity contribution is 5.78. The summed E-state index contributed by atoms with van der Waals surface area (Å²) in [5, 5.41) is 12.5. The summed E-state index contributed by atoms with van der Waals surface area (Å²) in [5.74, 6) is -0.776. The fraction of sp³-hybridized carbons (Fsp3) is 0.929. The second-order valence-electron chi connectivity index (χ2n) is 5.72. The van der Waals surface area contributed by atoms with Gasteiger partial charge in [0.1, 0.15) is 5.54 Å². The van der Waals surface area contributed by atoms with Gasteiger partial charge in [-0.3, -0.25) is 9.69 Å². The molecular formula is C14H28N2O3. The van der Waals surface area contributed by atoms with Gasteiger partial charge in [-0.2, -0.15) is 0 Å². The van der Waals surface area contributed by atoms with Crippen LogP contribution in [0.1, 0.15) is 40.0 Å². The quantitative estimate of drug-likeness (QED) is 0.732. The number of carboxylic acid groups (broad SMARTS) is 1. The first-order valence-corrected chi connectivity index (χ1v) is 7.18. The molecule has 0 aliphatic carbocycles. The van der Waals surface area contributed by atoms with E-state index in [0.717, 1.165) is 25.9 Å². The van der Waals surface area contributed by atoms with E-state index in [4.69, 9.17) is 4.74 Å². The third kappa shape index (κ3) is 4.44. The van der Waals surface area contributed by atoms with Crippen molar-refractivity contribution in [3.8, 4) is 0 Å². The lowest BCUT2D eigenvalue weighted by Crippen LogP contribution is -2.54. The van der Waals surface area contributed by atoms with E-state index in [9.17, 15) is 9.90 Å². The third-order valence-electron chi connectivity index (χ3n) is 4.11. The number of nitrogens with zero attached hydrogens (tertiary/aromatic N) is 1. The standard InChI is InChI=1S/C14H28N2O3/c1-5-15-14(3,13(17)18)9-11(2)16-8-6-7-12(10-16)19-4/h11-12,15H,5-10H2,1-4H3,(H,17,18). The minimum atomic E-state index is -0.853. The van der Waals surface area contributed by atoms with E-state index in [0.29, 0.717) is 13.0 Å². The molecule has 3 unspecified atom stereocenters. The Balaban J connectivity index is 2.61. The monoisotopic (exact) mass is 272 g/mol. The summed E-state index contributed by atoms with van der Waals surface area (Å²) < 4.78 is 5.42. The zero-order valence-electron chi connectivity index (χ0n) is 12.6. The number of aliphatic carboxylic acids is 1. The first-order valence-electron chi connectivity index (χ1n) is 7.18. The Morgan fingerprint density at radius 2 is 2.32 bits per heavy atom. The number of likely N-dealkylation sites (N-methyl/N-ethyl adjacent to an activating group) is 1. The molecule has 0 radical (unpaired) electrons. The van der Waals surface area contributed by atoms with Gasteiger partial charge in [-0.1, -0.05) is 6.92 Å². The predicted octanol–water partition coefficient (Wildman–Crippen LogP) is 1.33. The molecule has 0 aromatic rings. The number of hydrogen-bond acceptors (Lipinski definition) is 4. The van der Waals surface area contributed by atoms with Gasteiger partial charge in [0.2, 0.25) is 0 Å². The highest BCUT2D eigenvalue weighted by atomic mass is 16.5. The average Bonchev–Trinajstić information content (AvgIpc) is 2.38. The normalized spacial score (nSPS) is 25.8. The molecule has 2 N–H and O–H groups in total. The molecule has 5 heteroatoms. The molecule has 0 bridgehead atoms. The van der Waals surface area contributed by atoms with Crippen molar-refractivity contribution in [1.29, 1.82) is 0 Å². The van der Waals surface area contributed by atoms with Crippen LogP contribution in [0.3, 0.4) is 0 Å². The molecule has 1 fully saturated rings. The molecule has 1 heterocycles. The zero-order chi connectivity index (χ0) is 14.5. The van der Waals surface area contributed by atoms with E-state index in [2.05, 4.69) is 17.1 Å². The van der Waals surface area contributed by atoms with Crippen LogP contribution >= 0.6 is 0 Å². The number of hydrogen-bond donors (Lipinski definition) is 2. The molecule has 19 heavy (non-hydrogen) atoms. The summed E-state index contributed by atoms with van der Waals surface area (Å²) in [6.07, 6.45) is 3.11. The highest BCUT2D eigenvalue weighted by Gasteiger charge is 2.36. The summed E-state index contributed by atoms with van der Waals surface area (Å²) >= 11 is 0. The molecule has 0 amide bonds. The van der Waals surface area contributed by atoms with Crippen LogP contribution in [-0.2, 0) is 9.53 Å². The minimum absolute atomic E-state index is 0.234. The molecular weight excluding hydrogens is 244 g/mol. The van der Waals surface area contributed by atoms with E-state index in [-0.39, 0.29) is 12.1 Å². The molecule has 0 aromatic heterocycles. The molecule has 3 atom stereocenters. The topological polar surface area (TPSA) is 61.8 Å². The van der Waals surface area contributed by atoms with Gasteiger partial charge in [0.25, 0.3) is 0 Å². The Bertz CT molecular complexity index is 298. The van der Waals surface area contributed by atoms with E-state index in [1.165, 1.54) is 0 Å². The van der Waals surface area contributed by atoms with E-state index in [1.54, 1.807) is 14.0 Å². The van der Waals surface area contributed by atoms with Crippen LogP contribution in [0.4, 0.5) is 0 Å². The highest BCUT2D eigenvalue weighted by Crippen LogP contribution is 2.21.